The lowest BCUT2D eigenvalue weighted by molar-refractivity contribution is 0.724. The van der Waals surface area contributed by atoms with Gasteiger partial charge in [0.25, 0.3) is 0 Å². The van der Waals surface area contributed by atoms with Gasteiger partial charge in [-0.15, -0.1) is 0 Å². The molecule has 0 unspecified atom stereocenters. The molecular weight excluding hydrogens is 274 g/mol. The SMILES string of the molecule is c1cc(-c2cc3ccncc3[nH]2)nc(N2CCCNCC2)c1. The maximum absolute atomic E-state index is 4.85. The summed E-state index contributed by atoms with van der Waals surface area (Å²) >= 11 is 0. The number of pyridine rings is 2. The second-order valence-electron chi connectivity index (χ2n) is 5.62. The van der Waals surface area contributed by atoms with E-state index in [9.17, 15) is 0 Å². The van der Waals surface area contributed by atoms with Crippen LogP contribution in [0.3, 0.4) is 0 Å². The standard InChI is InChI=1S/C17H19N5/c1-3-14(15-11-13-5-7-19-12-16(13)20-15)21-17(4-1)22-9-2-6-18-8-10-22/h1,3-5,7,11-12,18,20H,2,6,8-10H2. The van der Waals surface area contributed by atoms with E-state index in [0.717, 1.165) is 60.7 Å². The van der Waals surface area contributed by atoms with Crippen molar-refractivity contribution in [2.24, 2.45) is 0 Å². The van der Waals surface area contributed by atoms with Gasteiger partial charge in [-0.25, -0.2) is 4.98 Å². The van der Waals surface area contributed by atoms with E-state index in [0.29, 0.717) is 0 Å². The minimum atomic E-state index is 0.978. The molecule has 0 aliphatic carbocycles. The van der Waals surface area contributed by atoms with Gasteiger partial charge in [-0.05, 0) is 37.2 Å². The summed E-state index contributed by atoms with van der Waals surface area (Å²) < 4.78 is 0. The van der Waals surface area contributed by atoms with Crippen LogP contribution in [-0.4, -0.2) is 41.1 Å². The molecule has 5 nitrogen and oxygen atoms in total. The Hall–Kier alpha value is -2.40. The third-order valence-corrected chi connectivity index (χ3v) is 4.10. The first-order valence-electron chi connectivity index (χ1n) is 7.76. The molecule has 0 spiro atoms. The summed E-state index contributed by atoms with van der Waals surface area (Å²) in [5, 5.41) is 4.59. The second kappa shape index (κ2) is 5.77. The number of anilines is 1. The van der Waals surface area contributed by atoms with Crippen molar-refractivity contribution in [1.29, 1.82) is 0 Å². The third-order valence-electron chi connectivity index (χ3n) is 4.10. The molecule has 2 N–H and O–H groups in total. The Morgan fingerprint density at radius 1 is 1.09 bits per heavy atom. The summed E-state index contributed by atoms with van der Waals surface area (Å²) in [6.45, 7) is 4.17. The fourth-order valence-electron chi connectivity index (χ4n) is 2.93. The summed E-state index contributed by atoms with van der Waals surface area (Å²) in [5.74, 6) is 1.05. The Bertz CT molecular complexity index is 738. The van der Waals surface area contributed by atoms with Crippen molar-refractivity contribution in [3.63, 3.8) is 0 Å². The van der Waals surface area contributed by atoms with E-state index >= 15 is 0 Å². The molecule has 0 amide bonds. The van der Waals surface area contributed by atoms with Crippen molar-refractivity contribution >= 4 is 16.7 Å². The summed E-state index contributed by atoms with van der Waals surface area (Å²) in [4.78, 5) is 14.8. The maximum atomic E-state index is 4.85. The van der Waals surface area contributed by atoms with Gasteiger partial charge in [0.05, 0.1) is 23.1 Å². The van der Waals surface area contributed by atoms with Crippen molar-refractivity contribution in [3.05, 3.63) is 42.7 Å². The molecule has 4 heterocycles. The van der Waals surface area contributed by atoms with Gasteiger partial charge in [0, 0.05) is 31.2 Å². The molecule has 0 radical (unpaired) electrons. The van der Waals surface area contributed by atoms with Crippen molar-refractivity contribution in [2.75, 3.05) is 31.1 Å². The molecule has 1 aliphatic rings. The molecule has 0 bridgehead atoms. The molecule has 1 aliphatic heterocycles. The Balaban J connectivity index is 1.68. The van der Waals surface area contributed by atoms with Gasteiger partial charge in [-0.2, -0.15) is 0 Å². The van der Waals surface area contributed by atoms with Crippen LogP contribution in [0.25, 0.3) is 22.3 Å². The summed E-state index contributed by atoms with van der Waals surface area (Å²) in [7, 11) is 0. The second-order valence-corrected chi connectivity index (χ2v) is 5.62. The van der Waals surface area contributed by atoms with Gasteiger partial charge < -0.3 is 15.2 Å². The molecule has 3 aromatic heterocycles. The highest BCUT2D eigenvalue weighted by atomic mass is 15.2. The van der Waals surface area contributed by atoms with Crippen molar-refractivity contribution in [1.82, 2.24) is 20.3 Å². The van der Waals surface area contributed by atoms with Gasteiger partial charge in [0.15, 0.2) is 0 Å². The fourth-order valence-corrected chi connectivity index (χ4v) is 2.93. The summed E-state index contributed by atoms with van der Waals surface area (Å²) in [6, 6.07) is 10.4. The largest absolute Gasteiger partial charge is 0.355 e. The smallest absolute Gasteiger partial charge is 0.129 e. The number of nitrogens with one attached hydrogen (secondary N) is 2. The van der Waals surface area contributed by atoms with E-state index in [1.54, 1.807) is 0 Å². The first-order valence-corrected chi connectivity index (χ1v) is 7.76. The van der Waals surface area contributed by atoms with Crippen LogP contribution in [0.15, 0.2) is 42.7 Å². The predicted molar refractivity (Wildman–Crippen MR) is 89.0 cm³/mol. The van der Waals surface area contributed by atoms with Gasteiger partial charge in [-0.3, -0.25) is 4.98 Å². The fraction of sp³-hybridized carbons (Fsp3) is 0.294. The Labute approximate surface area is 129 Å². The van der Waals surface area contributed by atoms with Crippen LogP contribution in [0.1, 0.15) is 6.42 Å². The minimum absolute atomic E-state index is 0.978. The molecule has 0 aromatic carbocycles. The number of H-pyrrole nitrogens is 1. The first-order chi connectivity index (χ1) is 10.9. The summed E-state index contributed by atoms with van der Waals surface area (Å²) in [6.07, 6.45) is 4.82. The van der Waals surface area contributed by atoms with Crippen LogP contribution in [0.2, 0.25) is 0 Å². The molecule has 5 heteroatoms. The number of nitrogens with zero attached hydrogens (tertiary/aromatic N) is 3. The highest BCUT2D eigenvalue weighted by Gasteiger charge is 2.12. The quantitative estimate of drug-likeness (QED) is 0.762. The number of fused-ring (bicyclic) bond motifs is 1. The molecule has 22 heavy (non-hydrogen) atoms. The van der Waals surface area contributed by atoms with Crippen molar-refractivity contribution in [3.8, 4) is 11.4 Å². The third kappa shape index (κ3) is 2.55. The lowest BCUT2D eigenvalue weighted by atomic mass is 10.2. The molecule has 1 saturated heterocycles. The molecule has 4 rings (SSSR count). The summed E-state index contributed by atoms with van der Waals surface area (Å²) in [5.41, 5.74) is 3.06. The van der Waals surface area contributed by atoms with Crippen molar-refractivity contribution < 1.29 is 0 Å². The van der Waals surface area contributed by atoms with E-state index in [1.807, 2.05) is 18.5 Å². The number of aromatic nitrogens is 3. The van der Waals surface area contributed by atoms with Gasteiger partial charge in [0.2, 0.25) is 0 Å². The number of aromatic amines is 1. The van der Waals surface area contributed by atoms with Gasteiger partial charge in [0.1, 0.15) is 5.82 Å². The van der Waals surface area contributed by atoms with E-state index < -0.39 is 0 Å². The Morgan fingerprint density at radius 3 is 3.05 bits per heavy atom. The first kappa shape index (κ1) is 13.3. The Morgan fingerprint density at radius 2 is 2.09 bits per heavy atom. The highest BCUT2D eigenvalue weighted by molar-refractivity contribution is 5.84. The van der Waals surface area contributed by atoms with E-state index in [2.05, 4.69) is 44.5 Å². The Kier molecular flexibility index (Phi) is 3.48. The normalized spacial score (nSPS) is 15.9. The minimum Gasteiger partial charge on any atom is -0.355 e. The van der Waals surface area contributed by atoms with Crippen LogP contribution in [0, 0.1) is 0 Å². The van der Waals surface area contributed by atoms with E-state index in [4.69, 9.17) is 4.98 Å². The zero-order chi connectivity index (χ0) is 14.8. The molecule has 0 saturated carbocycles. The van der Waals surface area contributed by atoms with E-state index in [1.165, 1.54) is 0 Å². The predicted octanol–water partition coefficient (Wildman–Crippen LogP) is 2.42. The van der Waals surface area contributed by atoms with Gasteiger partial charge in [-0.1, -0.05) is 6.07 Å². The average Bonchev–Trinajstić information content (AvgIpc) is 2.81. The van der Waals surface area contributed by atoms with Crippen LogP contribution in [0.4, 0.5) is 5.82 Å². The van der Waals surface area contributed by atoms with Crippen LogP contribution >= 0.6 is 0 Å². The van der Waals surface area contributed by atoms with Crippen LogP contribution < -0.4 is 10.2 Å². The van der Waals surface area contributed by atoms with Gasteiger partial charge >= 0.3 is 0 Å². The zero-order valence-electron chi connectivity index (χ0n) is 12.4. The highest BCUT2D eigenvalue weighted by Crippen LogP contribution is 2.24. The zero-order valence-corrected chi connectivity index (χ0v) is 12.4. The molecule has 1 fully saturated rings. The maximum Gasteiger partial charge on any atom is 0.129 e. The molecule has 0 atom stereocenters. The number of hydrogen-bond acceptors (Lipinski definition) is 4. The lowest BCUT2D eigenvalue weighted by Crippen LogP contribution is -2.28. The molecule has 3 aromatic rings. The molecule has 112 valence electrons. The van der Waals surface area contributed by atoms with Crippen LogP contribution in [-0.2, 0) is 0 Å². The van der Waals surface area contributed by atoms with Crippen molar-refractivity contribution in [2.45, 2.75) is 6.42 Å². The average molecular weight is 293 g/mol. The van der Waals surface area contributed by atoms with E-state index in [-0.39, 0.29) is 0 Å². The molecular formula is C17H19N5. The number of rotatable bonds is 2. The van der Waals surface area contributed by atoms with Crippen LogP contribution in [0.5, 0.6) is 0 Å². The topological polar surface area (TPSA) is 56.8 Å². The lowest BCUT2D eigenvalue weighted by Gasteiger charge is -2.21. The monoisotopic (exact) mass is 293 g/mol. The number of hydrogen-bond donors (Lipinski definition) is 2.